The van der Waals surface area contributed by atoms with Gasteiger partial charge < -0.3 is 29.0 Å². The molecule has 2 N–H and O–H groups in total. The molecule has 0 atom stereocenters. The Bertz CT molecular complexity index is 1520. The molecule has 0 spiro atoms. The smallest absolute Gasteiger partial charge is 0.444 e. The van der Waals surface area contributed by atoms with Gasteiger partial charge in [-0.15, -0.1) is 13.2 Å². The molecule has 0 aliphatic rings. The maximum absolute atomic E-state index is 14.2. The number of carbonyl (C=O) groups is 1. The summed E-state index contributed by atoms with van der Waals surface area (Å²) < 4.78 is 85.6. The highest BCUT2D eigenvalue weighted by Crippen LogP contribution is 2.31. The van der Waals surface area contributed by atoms with Gasteiger partial charge in [0.05, 0.1) is 18.3 Å². The fourth-order valence-corrected chi connectivity index (χ4v) is 4.19. The number of hydrogen-bond donors (Lipinski definition) is 2. The van der Waals surface area contributed by atoms with Crippen molar-refractivity contribution in [1.29, 1.82) is 0 Å². The van der Waals surface area contributed by atoms with Gasteiger partial charge in [0.15, 0.2) is 18.0 Å². The second kappa shape index (κ2) is 13.9. The number of hydrogen-bond acceptors (Lipinski definition) is 9. The third kappa shape index (κ3) is 9.26. The molecule has 2 aromatic carbocycles. The van der Waals surface area contributed by atoms with Crippen molar-refractivity contribution in [3.8, 4) is 17.2 Å². The highest BCUT2D eigenvalue weighted by atomic mass is 19.4. The summed E-state index contributed by atoms with van der Waals surface area (Å²) in [7, 11) is 0. The van der Waals surface area contributed by atoms with Crippen LogP contribution < -0.4 is 10.1 Å². The number of nitrogens with one attached hydrogen (secondary N) is 2. The summed E-state index contributed by atoms with van der Waals surface area (Å²) >= 11 is 0. The lowest BCUT2D eigenvalue weighted by Gasteiger charge is -2.27. The summed E-state index contributed by atoms with van der Waals surface area (Å²) in [6.07, 6.45) is -2.01. The summed E-state index contributed by atoms with van der Waals surface area (Å²) in [6, 6.07) is 5.09. The number of benzene rings is 2. The first-order valence-corrected chi connectivity index (χ1v) is 13.6. The quantitative estimate of drug-likeness (QED) is 0.127. The minimum absolute atomic E-state index is 0.0717. The van der Waals surface area contributed by atoms with Crippen molar-refractivity contribution in [1.82, 2.24) is 25.2 Å². The molecule has 0 aliphatic carbocycles. The zero-order valence-electron chi connectivity index (χ0n) is 24.1. The van der Waals surface area contributed by atoms with Crippen LogP contribution in [0.1, 0.15) is 39.2 Å². The molecule has 0 fully saturated rings. The number of amides is 1. The number of halogens is 5. The van der Waals surface area contributed by atoms with Gasteiger partial charge in [0, 0.05) is 42.9 Å². The van der Waals surface area contributed by atoms with Crippen molar-refractivity contribution in [3.63, 3.8) is 0 Å². The van der Waals surface area contributed by atoms with Crippen LogP contribution in [0.2, 0.25) is 0 Å². The molecule has 238 valence electrons. The number of anilines is 1. The topological polar surface area (TPSA) is 128 Å². The van der Waals surface area contributed by atoms with Crippen LogP contribution in [0.25, 0.3) is 22.4 Å². The molecule has 0 aliphatic heterocycles. The highest BCUT2D eigenvalue weighted by molar-refractivity contribution is 5.94. The Morgan fingerprint density at radius 3 is 2.48 bits per heavy atom. The van der Waals surface area contributed by atoms with E-state index in [-0.39, 0.29) is 18.7 Å². The molecule has 44 heavy (non-hydrogen) atoms. The van der Waals surface area contributed by atoms with Crippen molar-refractivity contribution in [2.45, 2.75) is 52.1 Å². The summed E-state index contributed by atoms with van der Waals surface area (Å²) in [4.78, 5) is 18.1. The van der Waals surface area contributed by atoms with E-state index < -0.39 is 35.4 Å². The number of unbranched alkanes of at least 4 members (excludes halogenated alkanes) is 1. The van der Waals surface area contributed by atoms with Crippen molar-refractivity contribution >= 4 is 22.7 Å². The third-order valence-corrected chi connectivity index (χ3v) is 6.00. The molecule has 16 heteroatoms. The maximum atomic E-state index is 14.2. The normalized spacial score (nSPS) is 12.0. The molecule has 0 radical (unpaired) electrons. The number of alkyl halides is 3. The molecule has 4 aromatic rings. The molecule has 0 saturated heterocycles. The van der Waals surface area contributed by atoms with Gasteiger partial charge in [-0.25, -0.2) is 13.6 Å². The van der Waals surface area contributed by atoms with Crippen molar-refractivity contribution in [2.75, 3.05) is 31.6 Å². The average molecular weight is 627 g/mol. The van der Waals surface area contributed by atoms with Crippen LogP contribution in [0, 0.1) is 11.6 Å². The number of H-pyrrole nitrogens is 1. The van der Waals surface area contributed by atoms with Gasteiger partial charge in [0.2, 0.25) is 5.75 Å². The number of rotatable bonds is 13. The first kappa shape index (κ1) is 32.4. The second-order valence-electron chi connectivity index (χ2n) is 10.7. The lowest BCUT2D eigenvalue weighted by Crippen LogP contribution is -2.37. The van der Waals surface area contributed by atoms with Crippen LogP contribution >= 0.6 is 0 Å². The minimum Gasteiger partial charge on any atom is -0.444 e. The fourth-order valence-electron chi connectivity index (χ4n) is 4.19. The van der Waals surface area contributed by atoms with Crippen LogP contribution in [0.3, 0.4) is 0 Å². The van der Waals surface area contributed by atoms with Crippen LogP contribution in [0.5, 0.6) is 5.75 Å². The molecule has 0 unspecified atom stereocenters. The van der Waals surface area contributed by atoms with Crippen molar-refractivity contribution in [2.24, 2.45) is 0 Å². The van der Waals surface area contributed by atoms with Crippen molar-refractivity contribution < 1.29 is 45.5 Å². The largest absolute Gasteiger partial charge is 0.573 e. The Hall–Kier alpha value is -4.47. The summed E-state index contributed by atoms with van der Waals surface area (Å²) in [6.45, 7) is 6.02. The first-order chi connectivity index (χ1) is 20.8. The lowest BCUT2D eigenvalue weighted by molar-refractivity contribution is -0.276. The van der Waals surface area contributed by atoms with Gasteiger partial charge in [-0.05, 0) is 63.4 Å². The number of ether oxygens (including phenoxy) is 3. The standard InChI is InChI=1S/C28H31F5N6O5/c1-27(2,3)43-26(40)39(15-17-10-20(29)24(21(30)11-17)42-28(31,32)33)7-4-5-8-41-9-6-34-22-12-18(25-35-16-37-44-25)13-23-19(22)14-36-38-23/h10-14,16,34H,4-9,15H2,1-3H3,(H,36,38). The molecule has 1 amide bonds. The number of fused-ring (bicyclic) bond motifs is 1. The Morgan fingerprint density at radius 1 is 1.07 bits per heavy atom. The molecule has 4 rings (SSSR count). The predicted octanol–water partition coefficient (Wildman–Crippen LogP) is 6.44. The van der Waals surface area contributed by atoms with Gasteiger partial charge in [0.1, 0.15) is 5.60 Å². The molecular weight excluding hydrogens is 595 g/mol. The number of nitrogens with zero attached hydrogens (tertiary/aromatic N) is 4. The number of aromatic nitrogens is 4. The number of aromatic amines is 1. The molecule has 11 nitrogen and oxygen atoms in total. The van der Waals surface area contributed by atoms with Crippen LogP contribution in [-0.2, 0) is 16.0 Å². The van der Waals surface area contributed by atoms with E-state index in [4.69, 9.17) is 14.0 Å². The SMILES string of the molecule is CC(C)(C)OC(=O)N(CCCCOCCNc1cc(-c2ncno2)cc2[nH]ncc12)Cc1cc(F)c(OC(F)(F)F)c(F)c1. The summed E-state index contributed by atoms with van der Waals surface area (Å²) in [5.41, 5.74) is 1.38. The molecule has 2 heterocycles. The molecule has 2 aromatic heterocycles. The predicted molar refractivity (Wildman–Crippen MR) is 148 cm³/mol. The zero-order valence-corrected chi connectivity index (χ0v) is 24.1. The van der Waals surface area contributed by atoms with Gasteiger partial charge in [-0.2, -0.15) is 10.1 Å². The molecule has 0 bridgehead atoms. The number of carbonyl (C=O) groups excluding carboxylic acids is 1. The van der Waals surface area contributed by atoms with Crippen molar-refractivity contribution in [3.05, 3.63) is 54.0 Å². The third-order valence-electron chi connectivity index (χ3n) is 6.00. The monoisotopic (exact) mass is 626 g/mol. The van der Waals surface area contributed by atoms with E-state index in [0.717, 1.165) is 16.6 Å². The summed E-state index contributed by atoms with van der Waals surface area (Å²) in [5, 5.41) is 14.8. The fraction of sp³-hybridized carbons (Fsp3) is 0.429. The van der Waals surface area contributed by atoms with E-state index in [1.807, 2.05) is 12.1 Å². The van der Waals surface area contributed by atoms with Gasteiger partial charge in [-0.1, -0.05) is 5.16 Å². The average Bonchev–Trinajstić information content (AvgIpc) is 3.62. The maximum Gasteiger partial charge on any atom is 0.573 e. The Labute approximate surface area is 248 Å². The van der Waals surface area contributed by atoms with Gasteiger partial charge in [0.25, 0.3) is 5.89 Å². The Kier molecular flexibility index (Phi) is 10.2. The second-order valence-corrected chi connectivity index (χ2v) is 10.7. The summed E-state index contributed by atoms with van der Waals surface area (Å²) in [5.74, 6) is -4.29. The zero-order chi connectivity index (χ0) is 31.9. The van der Waals surface area contributed by atoms with Crippen LogP contribution in [0.4, 0.5) is 32.4 Å². The van der Waals surface area contributed by atoms with E-state index in [0.29, 0.717) is 56.2 Å². The highest BCUT2D eigenvalue weighted by Gasteiger charge is 2.34. The van der Waals surface area contributed by atoms with Gasteiger partial charge >= 0.3 is 12.5 Å². The Morgan fingerprint density at radius 2 is 1.82 bits per heavy atom. The van der Waals surface area contributed by atoms with E-state index in [1.165, 1.54) is 11.2 Å². The van der Waals surface area contributed by atoms with Crippen LogP contribution in [-0.4, -0.2) is 69.6 Å². The van der Waals surface area contributed by atoms with E-state index in [9.17, 15) is 26.7 Å². The first-order valence-electron chi connectivity index (χ1n) is 13.6. The molecular formula is C28H31F5N6O5. The van der Waals surface area contributed by atoms with Gasteiger partial charge in [-0.3, -0.25) is 5.10 Å². The molecule has 0 saturated carbocycles. The minimum atomic E-state index is -5.27. The van der Waals surface area contributed by atoms with E-state index in [2.05, 4.69) is 30.4 Å². The van der Waals surface area contributed by atoms with E-state index in [1.54, 1.807) is 27.0 Å². The Balaban J connectivity index is 1.27. The lowest BCUT2D eigenvalue weighted by atomic mass is 10.1. The van der Waals surface area contributed by atoms with E-state index >= 15 is 0 Å². The van der Waals surface area contributed by atoms with Crippen LogP contribution in [0.15, 0.2) is 41.3 Å².